The molecule has 0 saturated heterocycles. The summed E-state index contributed by atoms with van der Waals surface area (Å²) in [5.41, 5.74) is 6.04. The second-order valence-electron chi connectivity index (χ2n) is 8.10. The van der Waals surface area contributed by atoms with Gasteiger partial charge in [-0.2, -0.15) is 0 Å². The highest BCUT2D eigenvalue weighted by atomic mass is 32.1. The normalized spacial score (nSPS) is 18.7. The largest absolute Gasteiger partial charge is 0.143 e. The van der Waals surface area contributed by atoms with Gasteiger partial charge in [-0.25, -0.2) is 0 Å². The number of hydrogen-bond donors (Lipinski definition) is 0. The lowest BCUT2D eigenvalue weighted by atomic mass is 9.87. The third kappa shape index (κ3) is 2.90. The van der Waals surface area contributed by atoms with E-state index in [1.807, 2.05) is 45.3 Å². The topological polar surface area (TPSA) is 0 Å². The minimum atomic E-state index is 0.568. The quantitative estimate of drug-likeness (QED) is 0.229. The van der Waals surface area contributed by atoms with E-state index < -0.39 is 0 Å². The monoisotopic (exact) mass is 470 g/mol. The van der Waals surface area contributed by atoms with Crippen LogP contribution in [0.2, 0.25) is 0 Å². The van der Waals surface area contributed by atoms with Gasteiger partial charge in [0.2, 0.25) is 0 Å². The van der Waals surface area contributed by atoms with Crippen LogP contribution in [0.3, 0.4) is 0 Å². The summed E-state index contributed by atoms with van der Waals surface area (Å²) in [5, 5.41) is 4.33. The van der Waals surface area contributed by atoms with E-state index in [0.717, 1.165) is 0 Å². The van der Waals surface area contributed by atoms with Gasteiger partial charge in [-0.3, -0.25) is 0 Å². The Bertz CT molecular complexity index is 1300. The van der Waals surface area contributed by atoms with Gasteiger partial charge < -0.3 is 0 Å². The van der Waals surface area contributed by atoms with Gasteiger partial charge in [-0.15, -0.1) is 45.3 Å². The van der Waals surface area contributed by atoms with Crippen LogP contribution in [0.4, 0.5) is 0 Å². The average molecular weight is 471 g/mol. The van der Waals surface area contributed by atoms with Gasteiger partial charge in [0.05, 0.1) is 0 Å². The van der Waals surface area contributed by atoms with E-state index in [1.165, 1.54) is 46.8 Å². The molecular formula is C27H18S4. The summed E-state index contributed by atoms with van der Waals surface area (Å²) in [6, 6.07) is 22.7. The molecule has 0 unspecified atom stereocenters. The lowest BCUT2D eigenvalue weighted by Crippen LogP contribution is -1.98. The van der Waals surface area contributed by atoms with Crippen molar-refractivity contribution < 1.29 is 0 Å². The lowest BCUT2D eigenvalue weighted by Gasteiger charge is -2.18. The molecule has 0 nitrogen and oxygen atoms in total. The summed E-state index contributed by atoms with van der Waals surface area (Å²) in [7, 11) is 0. The molecule has 0 spiro atoms. The molecular weight excluding hydrogens is 453 g/mol. The standard InChI is InChI=1S/C27H18S4/c1-3-22(28-13-1)24-11-9-20(30-24)18-7-8-19(27-17-6-5-16(15-17)26(18)27)21-10-12-25(31-21)23-4-2-14-29-23/h1-14,16-17H,15H2/t16-,17+. The SMILES string of the molecule is C1=C[C@H]2C[C@@H]1c1c(-c3ccc(-c4cccs4)s3)ccc(-c3ccc(-c4cccs4)s3)c12. The van der Waals surface area contributed by atoms with E-state index in [0.29, 0.717) is 11.8 Å². The molecule has 5 aromatic rings. The predicted molar refractivity (Wildman–Crippen MR) is 139 cm³/mol. The van der Waals surface area contributed by atoms with Crippen molar-refractivity contribution in [3.05, 3.63) is 94.7 Å². The molecule has 150 valence electrons. The van der Waals surface area contributed by atoms with Crippen LogP contribution >= 0.6 is 45.3 Å². The van der Waals surface area contributed by atoms with Gasteiger partial charge in [-0.05, 0) is 75.8 Å². The van der Waals surface area contributed by atoms with E-state index in [-0.39, 0.29) is 0 Å². The summed E-state index contributed by atoms with van der Waals surface area (Å²) in [5.74, 6) is 1.14. The fraction of sp³-hybridized carbons (Fsp3) is 0.111. The smallest absolute Gasteiger partial charge is 0.0449 e. The Morgan fingerprint density at radius 2 is 1.00 bits per heavy atom. The van der Waals surface area contributed by atoms with Crippen molar-refractivity contribution in [2.75, 3.05) is 0 Å². The average Bonchev–Trinajstić information content (AvgIpc) is 3.65. The molecule has 4 heterocycles. The van der Waals surface area contributed by atoms with Crippen molar-refractivity contribution in [1.29, 1.82) is 0 Å². The van der Waals surface area contributed by atoms with Gasteiger partial charge in [0.15, 0.2) is 0 Å². The molecule has 0 aliphatic heterocycles. The van der Waals surface area contributed by atoms with Crippen molar-refractivity contribution >= 4 is 45.3 Å². The number of fused-ring (bicyclic) bond motifs is 5. The third-order valence-corrected chi connectivity index (χ3v) is 10.8. The van der Waals surface area contributed by atoms with Crippen molar-refractivity contribution in [3.63, 3.8) is 0 Å². The zero-order valence-corrected chi connectivity index (χ0v) is 19.8. The molecule has 4 aromatic heterocycles. The number of benzene rings is 1. The number of hydrogen-bond acceptors (Lipinski definition) is 4. The van der Waals surface area contributed by atoms with Crippen LogP contribution in [0.1, 0.15) is 29.4 Å². The predicted octanol–water partition coefficient (Wildman–Crippen LogP) is 9.74. The van der Waals surface area contributed by atoms with Crippen LogP contribution in [-0.2, 0) is 0 Å². The van der Waals surface area contributed by atoms with Gasteiger partial charge in [0.25, 0.3) is 0 Å². The molecule has 0 fully saturated rings. The van der Waals surface area contributed by atoms with Crippen LogP contribution < -0.4 is 0 Å². The summed E-state index contributed by atoms with van der Waals surface area (Å²) >= 11 is 7.51. The fourth-order valence-corrected chi connectivity index (χ4v) is 8.82. The van der Waals surface area contributed by atoms with Crippen molar-refractivity contribution in [1.82, 2.24) is 0 Å². The molecule has 2 aliphatic rings. The Labute approximate surface area is 197 Å². The van der Waals surface area contributed by atoms with Crippen LogP contribution in [-0.4, -0.2) is 0 Å². The highest BCUT2D eigenvalue weighted by Gasteiger charge is 2.37. The zero-order valence-electron chi connectivity index (χ0n) is 16.6. The molecule has 2 atom stereocenters. The minimum Gasteiger partial charge on any atom is -0.143 e. The summed E-state index contributed by atoms with van der Waals surface area (Å²) < 4.78 is 0. The van der Waals surface area contributed by atoms with E-state index >= 15 is 0 Å². The maximum absolute atomic E-state index is 2.44. The lowest BCUT2D eigenvalue weighted by molar-refractivity contribution is 0.805. The summed E-state index contributed by atoms with van der Waals surface area (Å²) in [6.45, 7) is 0. The molecule has 1 aromatic carbocycles. The number of rotatable bonds is 4. The molecule has 2 aliphatic carbocycles. The van der Waals surface area contributed by atoms with Crippen LogP contribution in [0.5, 0.6) is 0 Å². The number of allylic oxidation sites excluding steroid dienone is 2. The van der Waals surface area contributed by atoms with Crippen LogP contribution in [0.15, 0.2) is 83.6 Å². The molecule has 0 amide bonds. The first kappa shape index (κ1) is 18.3. The molecule has 0 saturated carbocycles. The van der Waals surface area contributed by atoms with Crippen LogP contribution in [0, 0.1) is 0 Å². The van der Waals surface area contributed by atoms with Gasteiger partial charge in [-0.1, -0.05) is 36.4 Å². The maximum Gasteiger partial charge on any atom is 0.0449 e. The Hall–Kier alpha value is -2.24. The summed E-state index contributed by atoms with van der Waals surface area (Å²) in [6.07, 6.45) is 6.13. The Morgan fingerprint density at radius 3 is 1.45 bits per heavy atom. The molecule has 0 radical (unpaired) electrons. The third-order valence-electron chi connectivity index (χ3n) is 6.38. The van der Waals surface area contributed by atoms with Gasteiger partial charge in [0.1, 0.15) is 0 Å². The van der Waals surface area contributed by atoms with E-state index in [2.05, 4.69) is 83.6 Å². The van der Waals surface area contributed by atoms with E-state index in [4.69, 9.17) is 0 Å². The molecule has 4 heteroatoms. The fourth-order valence-electron chi connectivity index (χ4n) is 5.06. The molecule has 0 N–H and O–H groups in total. The first-order chi connectivity index (χ1) is 15.3. The van der Waals surface area contributed by atoms with Crippen molar-refractivity contribution in [2.24, 2.45) is 0 Å². The molecule has 31 heavy (non-hydrogen) atoms. The Balaban J connectivity index is 1.35. The number of thiophene rings is 4. The first-order valence-corrected chi connectivity index (χ1v) is 13.9. The van der Waals surface area contributed by atoms with Crippen LogP contribution in [0.25, 0.3) is 40.4 Å². The highest BCUT2D eigenvalue weighted by Crippen LogP contribution is 2.56. The second kappa shape index (κ2) is 7.14. The van der Waals surface area contributed by atoms with E-state index in [9.17, 15) is 0 Å². The van der Waals surface area contributed by atoms with Crippen molar-refractivity contribution in [3.8, 4) is 40.4 Å². The molecule has 2 bridgehead atoms. The minimum absolute atomic E-state index is 0.568. The first-order valence-electron chi connectivity index (χ1n) is 10.5. The van der Waals surface area contributed by atoms with Gasteiger partial charge >= 0.3 is 0 Å². The van der Waals surface area contributed by atoms with Gasteiger partial charge in [0, 0.05) is 41.1 Å². The summed E-state index contributed by atoms with van der Waals surface area (Å²) in [4.78, 5) is 8.28. The second-order valence-corrected chi connectivity index (χ2v) is 12.2. The Morgan fingerprint density at radius 1 is 0.516 bits per heavy atom. The highest BCUT2D eigenvalue weighted by molar-refractivity contribution is 7.23. The van der Waals surface area contributed by atoms with Crippen molar-refractivity contribution in [2.45, 2.75) is 18.3 Å². The molecule has 7 rings (SSSR count). The maximum atomic E-state index is 2.44. The van der Waals surface area contributed by atoms with E-state index in [1.54, 1.807) is 11.1 Å². The Kier molecular flexibility index (Phi) is 4.23. The zero-order chi connectivity index (χ0) is 20.4.